The highest BCUT2D eigenvalue weighted by Crippen LogP contribution is 2.13. The third kappa shape index (κ3) is 1.42. The monoisotopic (exact) mass is 313 g/mol. The lowest BCUT2D eigenvalue weighted by atomic mass is 10.4. The van der Waals surface area contributed by atoms with Crippen LogP contribution in [0.4, 0.5) is 0 Å². The average Bonchev–Trinajstić information content (AvgIpc) is 1.93. The Morgan fingerprint density at radius 3 is 2.70 bits per heavy atom. The predicted molar refractivity (Wildman–Crippen MR) is 52.6 cm³/mol. The minimum atomic E-state index is 0.0151. The molecule has 0 spiro atoms. The minimum absolute atomic E-state index is 0.0151. The van der Waals surface area contributed by atoms with Gasteiger partial charge in [-0.2, -0.15) is 0 Å². The first-order valence-corrected chi connectivity index (χ1v) is 4.43. The highest BCUT2D eigenvalue weighted by Gasteiger charge is 1.98. The van der Waals surface area contributed by atoms with Crippen LogP contribution in [0.25, 0.3) is 0 Å². The molecule has 0 fully saturated rings. The molecule has 0 aliphatic rings. The molecule has 0 aliphatic carbocycles. The van der Waals surface area contributed by atoms with Crippen molar-refractivity contribution in [2.24, 2.45) is 0 Å². The van der Waals surface area contributed by atoms with Crippen LogP contribution in [0.15, 0.2) is 21.4 Å². The lowest BCUT2D eigenvalue weighted by Gasteiger charge is -2.00. The van der Waals surface area contributed by atoms with Crippen molar-refractivity contribution < 1.29 is 0 Å². The molecular weight excluding hydrogens is 309 g/mol. The summed E-state index contributed by atoms with van der Waals surface area (Å²) < 4.78 is 2.53. The van der Waals surface area contributed by atoms with Crippen molar-refractivity contribution in [3.63, 3.8) is 0 Å². The standard InChI is InChI=1S/C6H5BrINO/c1-4-5(7)2-3-6(10)9(4)8/h2-3H,1H3. The molecule has 0 unspecified atom stereocenters. The van der Waals surface area contributed by atoms with E-state index in [9.17, 15) is 4.79 Å². The lowest BCUT2D eigenvalue weighted by molar-refractivity contribution is 1.09. The highest BCUT2D eigenvalue weighted by molar-refractivity contribution is 14.1. The molecular formula is C6H5BrINO. The van der Waals surface area contributed by atoms with Crippen LogP contribution in [-0.2, 0) is 0 Å². The van der Waals surface area contributed by atoms with Crippen molar-refractivity contribution in [3.8, 4) is 0 Å². The molecule has 10 heavy (non-hydrogen) atoms. The zero-order valence-electron chi connectivity index (χ0n) is 5.27. The van der Waals surface area contributed by atoms with Crippen LogP contribution in [-0.4, -0.2) is 2.78 Å². The maximum Gasteiger partial charge on any atom is 0.259 e. The van der Waals surface area contributed by atoms with E-state index < -0.39 is 0 Å². The van der Waals surface area contributed by atoms with Crippen LogP contribution in [0.3, 0.4) is 0 Å². The largest absolute Gasteiger partial charge is 0.269 e. The van der Waals surface area contributed by atoms with E-state index >= 15 is 0 Å². The van der Waals surface area contributed by atoms with Crippen molar-refractivity contribution in [2.45, 2.75) is 6.92 Å². The van der Waals surface area contributed by atoms with Gasteiger partial charge in [-0.15, -0.1) is 0 Å². The molecule has 0 N–H and O–H groups in total. The van der Waals surface area contributed by atoms with Gasteiger partial charge in [0.15, 0.2) is 0 Å². The van der Waals surface area contributed by atoms with E-state index in [1.165, 1.54) is 6.07 Å². The molecule has 0 aliphatic heterocycles. The van der Waals surface area contributed by atoms with Gasteiger partial charge in [0.1, 0.15) is 0 Å². The van der Waals surface area contributed by atoms with Gasteiger partial charge in [0.05, 0.1) is 22.9 Å². The van der Waals surface area contributed by atoms with E-state index in [0.29, 0.717) is 0 Å². The van der Waals surface area contributed by atoms with E-state index in [2.05, 4.69) is 15.9 Å². The van der Waals surface area contributed by atoms with Crippen molar-refractivity contribution in [2.75, 3.05) is 0 Å². The first kappa shape index (κ1) is 8.26. The Kier molecular flexibility index (Phi) is 2.51. The molecule has 0 bridgehead atoms. The fourth-order valence-electron chi connectivity index (χ4n) is 0.590. The van der Waals surface area contributed by atoms with Crippen LogP contribution in [0.1, 0.15) is 5.69 Å². The molecule has 54 valence electrons. The van der Waals surface area contributed by atoms with Gasteiger partial charge >= 0.3 is 0 Å². The van der Waals surface area contributed by atoms with E-state index in [0.717, 1.165) is 10.2 Å². The smallest absolute Gasteiger partial charge is 0.259 e. The summed E-state index contributed by atoms with van der Waals surface area (Å²) in [5.74, 6) is 0. The molecule has 0 radical (unpaired) electrons. The highest BCUT2D eigenvalue weighted by atomic mass is 127. The first-order chi connectivity index (χ1) is 4.63. The van der Waals surface area contributed by atoms with Crippen molar-refractivity contribution in [1.29, 1.82) is 0 Å². The van der Waals surface area contributed by atoms with Crippen LogP contribution in [0, 0.1) is 6.92 Å². The molecule has 1 rings (SSSR count). The van der Waals surface area contributed by atoms with Crippen LogP contribution < -0.4 is 5.56 Å². The second kappa shape index (κ2) is 3.04. The maximum atomic E-state index is 10.9. The van der Waals surface area contributed by atoms with Gasteiger partial charge in [0.25, 0.3) is 5.56 Å². The van der Waals surface area contributed by atoms with E-state index in [1.807, 2.05) is 29.8 Å². The third-order valence-corrected chi connectivity index (χ3v) is 3.24. The number of aromatic nitrogens is 1. The number of halogens is 2. The number of hydrogen-bond acceptors (Lipinski definition) is 1. The van der Waals surface area contributed by atoms with Crippen molar-refractivity contribution in [1.82, 2.24) is 2.78 Å². The summed E-state index contributed by atoms with van der Waals surface area (Å²) in [6, 6.07) is 3.29. The average molecular weight is 314 g/mol. The zero-order chi connectivity index (χ0) is 7.72. The van der Waals surface area contributed by atoms with E-state index in [-0.39, 0.29) is 5.56 Å². The van der Waals surface area contributed by atoms with Gasteiger partial charge < -0.3 is 0 Å². The number of hydrogen-bond donors (Lipinski definition) is 0. The summed E-state index contributed by atoms with van der Waals surface area (Å²) in [7, 11) is 0. The lowest BCUT2D eigenvalue weighted by Crippen LogP contribution is -2.12. The van der Waals surface area contributed by atoms with Crippen molar-refractivity contribution in [3.05, 3.63) is 32.7 Å². The normalized spacial score (nSPS) is 9.90. The fourth-order valence-corrected chi connectivity index (χ4v) is 1.65. The summed E-state index contributed by atoms with van der Waals surface area (Å²) in [4.78, 5) is 10.9. The molecule has 0 aromatic carbocycles. The molecule has 0 amide bonds. The van der Waals surface area contributed by atoms with Crippen LogP contribution >= 0.6 is 38.8 Å². The Morgan fingerprint density at radius 1 is 1.60 bits per heavy atom. The Morgan fingerprint density at radius 2 is 2.20 bits per heavy atom. The second-order valence-corrected chi connectivity index (χ2v) is 3.70. The van der Waals surface area contributed by atoms with Gasteiger partial charge in [0.2, 0.25) is 0 Å². The summed E-state index contributed by atoms with van der Waals surface area (Å²) in [5, 5.41) is 0. The SMILES string of the molecule is Cc1c(Br)ccc(=O)n1I. The molecule has 4 heteroatoms. The molecule has 0 atom stereocenters. The van der Waals surface area contributed by atoms with E-state index in [4.69, 9.17) is 0 Å². The molecule has 1 heterocycles. The summed E-state index contributed by atoms with van der Waals surface area (Å²) in [6.45, 7) is 1.89. The van der Waals surface area contributed by atoms with Crippen LogP contribution in [0.5, 0.6) is 0 Å². The Balaban J connectivity index is 3.49. The summed E-state index contributed by atoms with van der Waals surface area (Å²) in [5.41, 5.74) is 0.953. The van der Waals surface area contributed by atoms with Crippen LogP contribution in [0.2, 0.25) is 0 Å². The summed E-state index contributed by atoms with van der Waals surface area (Å²) in [6.07, 6.45) is 0. The predicted octanol–water partition coefficient (Wildman–Crippen LogP) is 2.12. The Labute approximate surface area is 80.9 Å². The number of pyridine rings is 1. The Hall–Kier alpha value is 0.160. The quantitative estimate of drug-likeness (QED) is 0.673. The topological polar surface area (TPSA) is 22.0 Å². The molecule has 1 aromatic rings. The number of nitrogens with zero attached hydrogens (tertiary/aromatic N) is 1. The molecule has 1 aromatic heterocycles. The van der Waals surface area contributed by atoms with Gasteiger partial charge in [-0.1, -0.05) is 0 Å². The van der Waals surface area contributed by atoms with Gasteiger partial charge in [-0.25, -0.2) is 0 Å². The maximum absolute atomic E-state index is 10.9. The second-order valence-electron chi connectivity index (χ2n) is 1.89. The number of rotatable bonds is 0. The Bertz CT molecular complexity index is 307. The van der Waals surface area contributed by atoms with Gasteiger partial charge in [-0.05, 0) is 28.9 Å². The fraction of sp³-hybridized carbons (Fsp3) is 0.167. The minimum Gasteiger partial charge on any atom is -0.269 e. The zero-order valence-corrected chi connectivity index (χ0v) is 9.01. The first-order valence-electron chi connectivity index (χ1n) is 2.67. The molecule has 2 nitrogen and oxygen atoms in total. The van der Waals surface area contributed by atoms with Gasteiger partial charge in [-0.3, -0.25) is 7.58 Å². The van der Waals surface area contributed by atoms with Gasteiger partial charge in [0, 0.05) is 16.2 Å². The molecule has 0 saturated heterocycles. The molecule has 0 saturated carbocycles. The van der Waals surface area contributed by atoms with E-state index in [1.54, 1.807) is 8.85 Å². The third-order valence-electron chi connectivity index (χ3n) is 1.21. The summed E-state index contributed by atoms with van der Waals surface area (Å²) >= 11 is 5.28. The van der Waals surface area contributed by atoms with Crippen molar-refractivity contribution >= 4 is 38.8 Å².